The first kappa shape index (κ1) is 12.2. The summed E-state index contributed by atoms with van der Waals surface area (Å²) >= 11 is 0. The number of carboxylic acid groups (broad SMARTS) is 1. The van der Waals surface area contributed by atoms with Crippen LogP contribution in [0, 0.1) is 0 Å². The molecule has 0 spiro atoms. The highest BCUT2D eigenvalue weighted by Gasteiger charge is 2.05. The second kappa shape index (κ2) is 5.89. The molecule has 0 radical (unpaired) electrons. The number of carbonyl (C=O) groups is 2. The summed E-state index contributed by atoms with van der Waals surface area (Å²) in [5.41, 5.74) is 0.641. The molecule has 6 nitrogen and oxygen atoms in total. The lowest BCUT2D eigenvalue weighted by Gasteiger charge is -2.00. The number of nitrogens with zero attached hydrogens (tertiary/aromatic N) is 2. The van der Waals surface area contributed by atoms with E-state index in [1.54, 1.807) is 17.1 Å². The number of rotatable bonds is 6. The Hall–Kier alpha value is -1.85. The van der Waals surface area contributed by atoms with E-state index in [2.05, 4.69) is 10.4 Å². The molecule has 88 valence electrons. The van der Waals surface area contributed by atoms with E-state index in [1.165, 1.54) is 0 Å². The molecule has 0 fully saturated rings. The van der Waals surface area contributed by atoms with E-state index in [4.69, 9.17) is 5.11 Å². The van der Waals surface area contributed by atoms with E-state index in [0.717, 1.165) is 6.54 Å². The van der Waals surface area contributed by atoms with Crippen molar-refractivity contribution in [1.29, 1.82) is 0 Å². The molecule has 0 aliphatic rings. The number of hydrogen-bond donors (Lipinski definition) is 2. The fourth-order valence-corrected chi connectivity index (χ4v) is 1.22. The molecule has 1 heterocycles. The summed E-state index contributed by atoms with van der Waals surface area (Å²) < 4.78 is 1.70. The van der Waals surface area contributed by atoms with Gasteiger partial charge in [0, 0.05) is 25.6 Å². The molecule has 0 saturated heterocycles. The quantitative estimate of drug-likeness (QED) is 0.759. The van der Waals surface area contributed by atoms with Crippen LogP contribution >= 0.6 is 0 Å². The smallest absolute Gasteiger partial charge is 0.303 e. The first-order valence-electron chi connectivity index (χ1n) is 5.16. The highest BCUT2D eigenvalue weighted by atomic mass is 16.4. The predicted octanol–water partition coefficient (Wildman–Crippen LogP) is 1.10. The Labute approximate surface area is 93.3 Å². The van der Waals surface area contributed by atoms with Gasteiger partial charge in [0.05, 0.1) is 11.9 Å². The zero-order chi connectivity index (χ0) is 12.0. The van der Waals surface area contributed by atoms with Gasteiger partial charge >= 0.3 is 5.97 Å². The van der Waals surface area contributed by atoms with Crippen LogP contribution in [0.25, 0.3) is 0 Å². The van der Waals surface area contributed by atoms with Crippen molar-refractivity contribution in [3.63, 3.8) is 0 Å². The molecule has 0 aliphatic heterocycles. The number of nitrogens with one attached hydrogen (secondary N) is 1. The number of hydrogen-bond acceptors (Lipinski definition) is 3. The normalized spacial score (nSPS) is 10.1. The minimum absolute atomic E-state index is 0.0155. The summed E-state index contributed by atoms with van der Waals surface area (Å²) in [6, 6.07) is 0. The number of aliphatic carboxylic acids is 1. The molecule has 0 aliphatic carbocycles. The Morgan fingerprint density at radius 3 is 2.81 bits per heavy atom. The van der Waals surface area contributed by atoms with Gasteiger partial charge in [-0.25, -0.2) is 0 Å². The maximum Gasteiger partial charge on any atom is 0.303 e. The molecule has 1 amide bonds. The van der Waals surface area contributed by atoms with Crippen LogP contribution in [0.2, 0.25) is 0 Å². The molecule has 1 aromatic rings. The first-order valence-corrected chi connectivity index (χ1v) is 5.16. The third-order valence-corrected chi connectivity index (χ3v) is 2.04. The molecule has 6 heteroatoms. The summed E-state index contributed by atoms with van der Waals surface area (Å²) in [6.45, 7) is 2.69. The Balaban J connectivity index is 2.31. The van der Waals surface area contributed by atoms with E-state index in [1.807, 2.05) is 6.92 Å². The van der Waals surface area contributed by atoms with Gasteiger partial charge in [0.25, 0.3) is 0 Å². The van der Waals surface area contributed by atoms with Crippen molar-refractivity contribution in [2.45, 2.75) is 32.7 Å². The lowest BCUT2D eigenvalue weighted by molar-refractivity contribution is -0.137. The first-order chi connectivity index (χ1) is 7.61. The van der Waals surface area contributed by atoms with Gasteiger partial charge in [-0.3, -0.25) is 14.3 Å². The zero-order valence-corrected chi connectivity index (χ0v) is 9.14. The van der Waals surface area contributed by atoms with Crippen LogP contribution in [0.3, 0.4) is 0 Å². The highest BCUT2D eigenvalue weighted by Crippen LogP contribution is 2.06. The van der Waals surface area contributed by atoms with Gasteiger partial charge in [-0.05, 0) is 13.3 Å². The number of aromatic nitrogens is 2. The second-order valence-corrected chi connectivity index (χ2v) is 3.38. The molecule has 16 heavy (non-hydrogen) atoms. The number of carbonyl (C=O) groups excluding carboxylic acids is 1. The van der Waals surface area contributed by atoms with Crippen LogP contribution in [0.4, 0.5) is 5.69 Å². The Morgan fingerprint density at radius 1 is 1.50 bits per heavy atom. The monoisotopic (exact) mass is 225 g/mol. The Kier molecular flexibility index (Phi) is 4.50. The summed E-state index contributed by atoms with van der Waals surface area (Å²) in [7, 11) is 0. The number of anilines is 1. The van der Waals surface area contributed by atoms with E-state index < -0.39 is 5.97 Å². The highest BCUT2D eigenvalue weighted by molar-refractivity contribution is 5.90. The molecule has 0 atom stereocenters. The summed E-state index contributed by atoms with van der Waals surface area (Å²) in [6.07, 6.45) is 3.88. The second-order valence-electron chi connectivity index (χ2n) is 3.38. The fourth-order valence-electron chi connectivity index (χ4n) is 1.22. The van der Waals surface area contributed by atoms with Crippen molar-refractivity contribution in [1.82, 2.24) is 9.78 Å². The predicted molar refractivity (Wildman–Crippen MR) is 58.0 cm³/mol. The molecule has 0 aromatic carbocycles. The number of carboxylic acids is 1. The van der Waals surface area contributed by atoms with Gasteiger partial charge in [-0.2, -0.15) is 5.10 Å². The van der Waals surface area contributed by atoms with Crippen molar-refractivity contribution < 1.29 is 14.7 Å². The van der Waals surface area contributed by atoms with E-state index >= 15 is 0 Å². The largest absolute Gasteiger partial charge is 0.481 e. The Bertz CT molecular complexity index is 373. The summed E-state index contributed by atoms with van der Waals surface area (Å²) in [5, 5.41) is 15.1. The van der Waals surface area contributed by atoms with E-state index in [9.17, 15) is 9.59 Å². The molecule has 1 rings (SSSR count). The van der Waals surface area contributed by atoms with Gasteiger partial charge in [-0.1, -0.05) is 0 Å². The topological polar surface area (TPSA) is 84.2 Å². The van der Waals surface area contributed by atoms with Gasteiger partial charge < -0.3 is 10.4 Å². The minimum atomic E-state index is -0.883. The lowest BCUT2D eigenvalue weighted by atomic mass is 10.2. The zero-order valence-electron chi connectivity index (χ0n) is 9.14. The minimum Gasteiger partial charge on any atom is -0.481 e. The van der Waals surface area contributed by atoms with Crippen LogP contribution in [-0.4, -0.2) is 26.8 Å². The van der Waals surface area contributed by atoms with Gasteiger partial charge in [0.2, 0.25) is 5.91 Å². The van der Waals surface area contributed by atoms with Gasteiger partial charge in [0.15, 0.2) is 0 Å². The summed E-state index contributed by atoms with van der Waals surface area (Å²) in [4.78, 5) is 21.6. The SMILES string of the molecule is CCn1cc(NC(=O)CCCC(=O)O)cn1. The van der Waals surface area contributed by atoms with Crippen LogP contribution in [0.1, 0.15) is 26.2 Å². The molecule has 0 saturated carbocycles. The van der Waals surface area contributed by atoms with E-state index in [0.29, 0.717) is 12.1 Å². The van der Waals surface area contributed by atoms with Crippen molar-refractivity contribution in [2.75, 3.05) is 5.32 Å². The molecule has 0 unspecified atom stereocenters. The van der Waals surface area contributed by atoms with Crippen LogP contribution in [0.5, 0.6) is 0 Å². The van der Waals surface area contributed by atoms with Gasteiger partial charge in [0.1, 0.15) is 0 Å². The molecular formula is C10H15N3O3. The van der Waals surface area contributed by atoms with Crippen LogP contribution in [-0.2, 0) is 16.1 Å². The molecular weight excluding hydrogens is 210 g/mol. The van der Waals surface area contributed by atoms with E-state index in [-0.39, 0.29) is 18.7 Å². The van der Waals surface area contributed by atoms with Gasteiger partial charge in [-0.15, -0.1) is 0 Å². The average molecular weight is 225 g/mol. The Morgan fingerprint density at radius 2 is 2.25 bits per heavy atom. The van der Waals surface area contributed by atoms with Crippen molar-refractivity contribution >= 4 is 17.6 Å². The molecule has 1 aromatic heterocycles. The van der Waals surface area contributed by atoms with Crippen LogP contribution in [0.15, 0.2) is 12.4 Å². The molecule has 0 bridgehead atoms. The third kappa shape index (κ3) is 4.12. The van der Waals surface area contributed by atoms with Crippen molar-refractivity contribution in [2.24, 2.45) is 0 Å². The third-order valence-electron chi connectivity index (χ3n) is 2.04. The lowest BCUT2D eigenvalue weighted by Crippen LogP contribution is -2.11. The summed E-state index contributed by atoms with van der Waals surface area (Å²) in [5.74, 6) is -1.07. The maximum absolute atomic E-state index is 11.4. The standard InChI is InChI=1S/C10H15N3O3/c1-2-13-7-8(6-11-13)12-9(14)4-3-5-10(15)16/h6-7H,2-5H2,1H3,(H,12,14)(H,15,16). The average Bonchev–Trinajstić information content (AvgIpc) is 2.65. The van der Waals surface area contributed by atoms with Crippen molar-refractivity contribution in [3.8, 4) is 0 Å². The maximum atomic E-state index is 11.4. The number of aryl methyl sites for hydroxylation is 1. The molecule has 2 N–H and O–H groups in total. The number of amides is 1. The fraction of sp³-hybridized carbons (Fsp3) is 0.500. The van der Waals surface area contributed by atoms with Crippen LogP contribution < -0.4 is 5.32 Å². The van der Waals surface area contributed by atoms with Crippen molar-refractivity contribution in [3.05, 3.63) is 12.4 Å².